The fourth-order valence-corrected chi connectivity index (χ4v) is 2.95. The summed E-state index contributed by atoms with van der Waals surface area (Å²) in [4.78, 5) is 18.3. The molecule has 1 atom stereocenters. The molecule has 0 radical (unpaired) electrons. The molecule has 1 saturated heterocycles. The molecule has 134 valence electrons. The summed E-state index contributed by atoms with van der Waals surface area (Å²) in [6.07, 6.45) is 3.98. The fourth-order valence-electron chi connectivity index (χ4n) is 2.95. The van der Waals surface area contributed by atoms with Crippen LogP contribution in [-0.4, -0.2) is 47.3 Å². The van der Waals surface area contributed by atoms with Gasteiger partial charge in [0.05, 0.1) is 5.69 Å². The summed E-state index contributed by atoms with van der Waals surface area (Å²) in [6.45, 7) is 1.89. The molecule has 1 aromatic carbocycles. The topological polar surface area (TPSA) is 78.6 Å². The number of likely N-dealkylation sites (tertiary alicyclic amines) is 1. The average Bonchev–Trinajstić information content (AvgIpc) is 3.11. The van der Waals surface area contributed by atoms with Crippen molar-refractivity contribution in [1.82, 2.24) is 15.2 Å². The minimum Gasteiger partial charge on any atom is -0.444 e. The van der Waals surface area contributed by atoms with Gasteiger partial charge in [-0.25, -0.2) is 14.2 Å². The number of benzene rings is 1. The molecule has 1 aliphatic heterocycles. The van der Waals surface area contributed by atoms with E-state index in [1.165, 1.54) is 12.1 Å². The highest BCUT2D eigenvalue weighted by Crippen LogP contribution is 2.19. The average molecular weight is 347 g/mol. The van der Waals surface area contributed by atoms with E-state index in [-0.39, 0.29) is 24.4 Å². The maximum absolute atomic E-state index is 12.9. The summed E-state index contributed by atoms with van der Waals surface area (Å²) in [5.41, 5.74) is 1.44. The number of hydrogen-bond acceptors (Lipinski definition) is 4. The zero-order valence-electron chi connectivity index (χ0n) is 13.9. The van der Waals surface area contributed by atoms with Gasteiger partial charge in [0.15, 0.2) is 0 Å². The van der Waals surface area contributed by atoms with Crippen molar-refractivity contribution in [2.24, 2.45) is 5.92 Å². The van der Waals surface area contributed by atoms with Crippen molar-refractivity contribution in [2.75, 3.05) is 26.2 Å². The molecule has 2 aromatic rings. The third-order valence-corrected chi connectivity index (χ3v) is 4.36. The largest absolute Gasteiger partial charge is 0.444 e. The van der Waals surface area contributed by atoms with Crippen molar-refractivity contribution < 1.29 is 18.7 Å². The molecule has 0 aliphatic carbocycles. The molecule has 0 unspecified atom stereocenters. The molecule has 7 heteroatoms. The van der Waals surface area contributed by atoms with Gasteiger partial charge in [-0.2, -0.15) is 0 Å². The molecular formula is C18H22FN3O3. The number of carbonyl (C=O) groups is 1. The lowest BCUT2D eigenvalue weighted by atomic mass is 9.99. The Morgan fingerprint density at radius 3 is 2.96 bits per heavy atom. The van der Waals surface area contributed by atoms with Gasteiger partial charge >= 0.3 is 6.03 Å². The predicted molar refractivity (Wildman–Crippen MR) is 90.4 cm³/mol. The SMILES string of the molecule is O=C(NCCc1coc(-c2ccc(F)cc2)n1)N1CCC[C@@H](CO)C1. The Morgan fingerprint density at radius 1 is 1.40 bits per heavy atom. The van der Waals surface area contributed by atoms with Gasteiger partial charge < -0.3 is 19.7 Å². The maximum atomic E-state index is 12.9. The number of aliphatic hydroxyl groups excluding tert-OH is 1. The molecule has 2 N–H and O–H groups in total. The number of nitrogens with one attached hydrogen (secondary N) is 1. The lowest BCUT2D eigenvalue weighted by molar-refractivity contribution is 0.129. The van der Waals surface area contributed by atoms with Crippen LogP contribution in [0.2, 0.25) is 0 Å². The van der Waals surface area contributed by atoms with E-state index in [0.717, 1.165) is 25.1 Å². The van der Waals surface area contributed by atoms with Gasteiger partial charge in [0, 0.05) is 38.2 Å². The summed E-state index contributed by atoms with van der Waals surface area (Å²) in [7, 11) is 0. The zero-order chi connectivity index (χ0) is 17.6. The number of aliphatic hydroxyl groups is 1. The summed E-state index contributed by atoms with van der Waals surface area (Å²) >= 11 is 0. The summed E-state index contributed by atoms with van der Waals surface area (Å²) in [5, 5.41) is 12.1. The molecule has 2 heterocycles. The molecule has 0 bridgehead atoms. The highest BCUT2D eigenvalue weighted by molar-refractivity contribution is 5.74. The Labute approximate surface area is 145 Å². The molecular weight excluding hydrogens is 325 g/mol. The van der Waals surface area contributed by atoms with Crippen LogP contribution in [0.1, 0.15) is 18.5 Å². The number of hydrogen-bond donors (Lipinski definition) is 2. The predicted octanol–water partition coefficient (Wildman–Crippen LogP) is 2.44. The Hall–Kier alpha value is -2.41. The number of carbonyl (C=O) groups excluding carboxylic acids is 1. The van der Waals surface area contributed by atoms with E-state index in [1.54, 1.807) is 23.3 Å². The molecule has 25 heavy (non-hydrogen) atoms. The number of rotatable bonds is 5. The second kappa shape index (κ2) is 8.11. The summed E-state index contributed by atoms with van der Waals surface area (Å²) in [6, 6.07) is 5.83. The molecule has 0 spiro atoms. The van der Waals surface area contributed by atoms with Gasteiger partial charge in [-0.1, -0.05) is 0 Å². The smallest absolute Gasteiger partial charge is 0.317 e. The highest BCUT2D eigenvalue weighted by atomic mass is 19.1. The molecule has 1 fully saturated rings. The zero-order valence-corrected chi connectivity index (χ0v) is 13.9. The fraction of sp³-hybridized carbons (Fsp3) is 0.444. The van der Waals surface area contributed by atoms with E-state index >= 15 is 0 Å². The second-order valence-electron chi connectivity index (χ2n) is 6.27. The molecule has 0 saturated carbocycles. The summed E-state index contributed by atoms with van der Waals surface area (Å²) < 4.78 is 18.3. The van der Waals surface area contributed by atoms with Crippen molar-refractivity contribution in [3.05, 3.63) is 42.0 Å². The molecule has 6 nitrogen and oxygen atoms in total. The van der Waals surface area contributed by atoms with Crippen LogP contribution < -0.4 is 5.32 Å². The summed E-state index contributed by atoms with van der Waals surface area (Å²) in [5.74, 6) is 0.302. The maximum Gasteiger partial charge on any atom is 0.317 e. The minimum absolute atomic E-state index is 0.111. The van der Waals surface area contributed by atoms with Gasteiger partial charge in [-0.15, -0.1) is 0 Å². The third-order valence-electron chi connectivity index (χ3n) is 4.36. The van der Waals surface area contributed by atoms with Crippen molar-refractivity contribution in [1.29, 1.82) is 0 Å². The van der Waals surface area contributed by atoms with Crippen LogP contribution >= 0.6 is 0 Å². The highest BCUT2D eigenvalue weighted by Gasteiger charge is 2.22. The third kappa shape index (κ3) is 4.57. The molecule has 1 aliphatic rings. The number of amides is 2. The van der Waals surface area contributed by atoms with Gasteiger partial charge in [0.2, 0.25) is 5.89 Å². The van der Waals surface area contributed by atoms with Crippen molar-refractivity contribution >= 4 is 6.03 Å². The standard InChI is InChI=1S/C18H22FN3O3/c19-15-5-3-14(4-6-15)17-21-16(12-25-17)7-8-20-18(24)22-9-1-2-13(10-22)11-23/h3-6,12-13,23H,1-2,7-11H2,(H,20,24)/t13-/m1/s1. The van der Waals surface area contributed by atoms with Crippen LogP contribution in [0, 0.1) is 11.7 Å². The number of urea groups is 1. The first-order valence-electron chi connectivity index (χ1n) is 8.49. The first kappa shape index (κ1) is 17.4. The van der Waals surface area contributed by atoms with E-state index in [0.29, 0.717) is 31.0 Å². The van der Waals surface area contributed by atoms with E-state index in [9.17, 15) is 14.3 Å². The van der Waals surface area contributed by atoms with Crippen LogP contribution in [0.25, 0.3) is 11.5 Å². The van der Waals surface area contributed by atoms with Gasteiger partial charge in [0.25, 0.3) is 0 Å². The Kier molecular flexibility index (Phi) is 5.65. The van der Waals surface area contributed by atoms with E-state index in [4.69, 9.17) is 4.42 Å². The Bertz CT molecular complexity index is 702. The number of aromatic nitrogens is 1. The molecule has 3 rings (SSSR count). The molecule has 2 amide bonds. The van der Waals surface area contributed by atoms with Gasteiger partial charge in [0.1, 0.15) is 12.1 Å². The lowest BCUT2D eigenvalue weighted by Gasteiger charge is -2.31. The lowest BCUT2D eigenvalue weighted by Crippen LogP contribution is -2.46. The Morgan fingerprint density at radius 2 is 2.20 bits per heavy atom. The van der Waals surface area contributed by atoms with E-state index in [1.807, 2.05) is 0 Å². The molecule has 1 aromatic heterocycles. The number of piperidine rings is 1. The van der Waals surface area contributed by atoms with Crippen molar-refractivity contribution in [2.45, 2.75) is 19.3 Å². The van der Waals surface area contributed by atoms with E-state index in [2.05, 4.69) is 10.3 Å². The number of oxazole rings is 1. The first-order chi connectivity index (χ1) is 12.2. The number of halogens is 1. The van der Waals surface area contributed by atoms with Crippen LogP contribution in [-0.2, 0) is 6.42 Å². The first-order valence-corrected chi connectivity index (χ1v) is 8.49. The van der Waals surface area contributed by atoms with Crippen LogP contribution in [0.3, 0.4) is 0 Å². The quantitative estimate of drug-likeness (QED) is 0.871. The Balaban J connectivity index is 1.47. The van der Waals surface area contributed by atoms with Crippen molar-refractivity contribution in [3.63, 3.8) is 0 Å². The van der Waals surface area contributed by atoms with E-state index < -0.39 is 0 Å². The van der Waals surface area contributed by atoms with Crippen LogP contribution in [0.4, 0.5) is 9.18 Å². The van der Waals surface area contributed by atoms with Gasteiger partial charge in [-0.05, 0) is 43.0 Å². The van der Waals surface area contributed by atoms with Crippen LogP contribution in [0.5, 0.6) is 0 Å². The monoisotopic (exact) mass is 347 g/mol. The number of nitrogens with zero attached hydrogens (tertiary/aromatic N) is 2. The van der Waals surface area contributed by atoms with Gasteiger partial charge in [-0.3, -0.25) is 0 Å². The van der Waals surface area contributed by atoms with Crippen LogP contribution in [0.15, 0.2) is 34.9 Å². The van der Waals surface area contributed by atoms with Crippen molar-refractivity contribution in [3.8, 4) is 11.5 Å². The normalized spacial score (nSPS) is 17.5. The minimum atomic E-state index is -0.306. The second-order valence-corrected chi connectivity index (χ2v) is 6.27.